The van der Waals surface area contributed by atoms with Crippen LogP contribution in [0, 0.1) is 11.3 Å². The van der Waals surface area contributed by atoms with Gasteiger partial charge in [0.15, 0.2) is 0 Å². The van der Waals surface area contributed by atoms with Crippen LogP contribution in [0.15, 0.2) is 0 Å². The van der Waals surface area contributed by atoms with Crippen LogP contribution >= 0.6 is 0 Å². The van der Waals surface area contributed by atoms with Crippen molar-refractivity contribution in [2.75, 3.05) is 13.1 Å². The first-order valence-corrected chi connectivity index (χ1v) is 5.54. The molecule has 1 aliphatic rings. The molecule has 0 aromatic carbocycles. The van der Waals surface area contributed by atoms with Crippen LogP contribution < -0.4 is 11.1 Å². The van der Waals surface area contributed by atoms with E-state index in [0.717, 1.165) is 18.9 Å². The molecule has 0 bridgehead atoms. The van der Waals surface area contributed by atoms with Crippen LogP contribution in [0.2, 0.25) is 0 Å². The third kappa shape index (κ3) is 2.98. The Hall–Kier alpha value is -0.570. The normalized spacial score (nSPS) is 17.6. The van der Waals surface area contributed by atoms with E-state index in [9.17, 15) is 4.79 Å². The molecule has 0 heterocycles. The highest BCUT2D eigenvalue weighted by atomic mass is 16.2. The van der Waals surface area contributed by atoms with Crippen LogP contribution in [0.25, 0.3) is 0 Å². The zero-order chi connectivity index (χ0) is 10.6. The molecule has 1 amide bonds. The second-order valence-electron chi connectivity index (χ2n) is 4.93. The third-order valence-electron chi connectivity index (χ3n) is 3.16. The highest BCUT2D eigenvalue weighted by molar-refractivity contribution is 5.81. The van der Waals surface area contributed by atoms with Crippen LogP contribution in [0.4, 0.5) is 0 Å². The van der Waals surface area contributed by atoms with Gasteiger partial charge in [-0.25, -0.2) is 0 Å². The van der Waals surface area contributed by atoms with Gasteiger partial charge in [-0.15, -0.1) is 0 Å². The quantitative estimate of drug-likeness (QED) is 0.699. The van der Waals surface area contributed by atoms with Gasteiger partial charge in [-0.2, -0.15) is 0 Å². The molecule has 3 nitrogen and oxygen atoms in total. The first-order valence-electron chi connectivity index (χ1n) is 5.54. The lowest BCUT2D eigenvalue weighted by molar-refractivity contribution is -0.129. The van der Waals surface area contributed by atoms with Gasteiger partial charge in [0.2, 0.25) is 5.91 Å². The summed E-state index contributed by atoms with van der Waals surface area (Å²) in [6.07, 6.45) is 4.63. The fraction of sp³-hybridized carbons (Fsp3) is 0.909. The molecule has 0 atom stereocenters. The Morgan fingerprint density at radius 3 is 2.57 bits per heavy atom. The summed E-state index contributed by atoms with van der Waals surface area (Å²) < 4.78 is 0. The molecule has 1 saturated carbocycles. The fourth-order valence-electron chi connectivity index (χ4n) is 1.65. The van der Waals surface area contributed by atoms with Crippen molar-refractivity contribution in [3.8, 4) is 0 Å². The maximum atomic E-state index is 11.7. The third-order valence-corrected chi connectivity index (χ3v) is 3.16. The number of hydrogen-bond donors (Lipinski definition) is 2. The molecule has 3 heteroatoms. The second kappa shape index (κ2) is 4.78. The maximum Gasteiger partial charge on any atom is 0.225 e. The van der Waals surface area contributed by atoms with Gasteiger partial charge in [0.1, 0.15) is 0 Å². The van der Waals surface area contributed by atoms with E-state index in [4.69, 9.17) is 5.73 Å². The summed E-state index contributed by atoms with van der Waals surface area (Å²) in [4.78, 5) is 11.7. The number of hydrogen-bond acceptors (Lipinski definition) is 2. The molecule has 0 aromatic rings. The molecule has 0 spiro atoms. The molecular formula is C11H22N2O. The number of amides is 1. The number of nitrogens with one attached hydrogen (secondary N) is 1. The Labute approximate surface area is 86.4 Å². The van der Waals surface area contributed by atoms with E-state index in [1.54, 1.807) is 0 Å². The molecule has 0 aliphatic heterocycles. The van der Waals surface area contributed by atoms with E-state index in [1.165, 1.54) is 19.3 Å². The lowest BCUT2D eigenvalue weighted by atomic mass is 9.84. The molecule has 1 fully saturated rings. The first-order chi connectivity index (χ1) is 6.56. The molecule has 0 saturated heterocycles. The maximum absolute atomic E-state index is 11.7. The SMILES string of the molecule is CC(C)(CCN)C(=O)NCC1CCC1. The van der Waals surface area contributed by atoms with Crippen molar-refractivity contribution in [1.29, 1.82) is 0 Å². The Morgan fingerprint density at radius 1 is 1.50 bits per heavy atom. The zero-order valence-corrected chi connectivity index (χ0v) is 9.31. The molecule has 0 radical (unpaired) electrons. The average Bonchev–Trinajstić information content (AvgIpc) is 2.01. The fourth-order valence-corrected chi connectivity index (χ4v) is 1.65. The van der Waals surface area contributed by atoms with Gasteiger partial charge in [-0.3, -0.25) is 4.79 Å². The summed E-state index contributed by atoms with van der Waals surface area (Å²) in [5.41, 5.74) is 5.16. The Kier molecular flexibility index (Phi) is 3.93. The molecular weight excluding hydrogens is 176 g/mol. The standard InChI is InChI=1S/C11H22N2O/c1-11(2,6-7-12)10(14)13-8-9-4-3-5-9/h9H,3-8,12H2,1-2H3,(H,13,14). The van der Waals surface area contributed by atoms with E-state index < -0.39 is 0 Å². The predicted octanol–water partition coefficient (Wildman–Crippen LogP) is 1.28. The Bertz CT molecular complexity index is 197. The minimum Gasteiger partial charge on any atom is -0.355 e. The van der Waals surface area contributed by atoms with E-state index in [2.05, 4.69) is 5.32 Å². The minimum atomic E-state index is -0.307. The van der Waals surface area contributed by atoms with Crippen molar-refractivity contribution in [2.45, 2.75) is 39.5 Å². The van der Waals surface area contributed by atoms with Crippen molar-refractivity contribution < 1.29 is 4.79 Å². The van der Waals surface area contributed by atoms with Gasteiger partial charge >= 0.3 is 0 Å². The van der Waals surface area contributed by atoms with Gasteiger partial charge in [0, 0.05) is 12.0 Å². The van der Waals surface area contributed by atoms with Crippen molar-refractivity contribution in [1.82, 2.24) is 5.32 Å². The van der Waals surface area contributed by atoms with Gasteiger partial charge in [0.05, 0.1) is 0 Å². The molecule has 14 heavy (non-hydrogen) atoms. The van der Waals surface area contributed by atoms with Crippen LogP contribution in [0.1, 0.15) is 39.5 Å². The highest BCUT2D eigenvalue weighted by Gasteiger charge is 2.27. The number of rotatable bonds is 5. The minimum absolute atomic E-state index is 0.148. The molecule has 1 aliphatic carbocycles. The number of carbonyl (C=O) groups excluding carboxylic acids is 1. The Balaban J connectivity index is 2.24. The lowest BCUT2D eigenvalue weighted by Crippen LogP contribution is -2.41. The molecule has 0 unspecified atom stereocenters. The predicted molar refractivity (Wildman–Crippen MR) is 57.8 cm³/mol. The van der Waals surface area contributed by atoms with Gasteiger partial charge in [0.25, 0.3) is 0 Å². The monoisotopic (exact) mass is 198 g/mol. The highest BCUT2D eigenvalue weighted by Crippen LogP contribution is 2.26. The van der Waals surface area contributed by atoms with Crippen molar-refractivity contribution in [3.63, 3.8) is 0 Å². The van der Waals surface area contributed by atoms with Crippen LogP contribution in [-0.4, -0.2) is 19.0 Å². The summed E-state index contributed by atoms with van der Waals surface area (Å²) in [7, 11) is 0. The Morgan fingerprint density at radius 2 is 2.14 bits per heavy atom. The first kappa shape index (κ1) is 11.5. The topological polar surface area (TPSA) is 55.1 Å². The van der Waals surface area contributed by atoms with Crippen LogP contribution in [-0.2, 0) is 4.79 Å². The van der Waals surface area contributed by atoms with E-state index in [0.29, 0.717) is 6.54 Å². The number of carbonyl (C=O) groups is 1. The van der Waals surface area contributed by atoms with Crippen molar-refractivity contribution in [2.24, 2.45) is 17.1 Å². The van der Waals surface area contributed by atoms with Crippen LogP contribution in [0.3, 0.4) is 0 Å². The molecule has 82 valence electrons. The molecule has 3 N–H and O–H groups in total. The summed E-state index contributed by atoms with van der Waals surface area (Å²) >= 11 is 0. The summed E-state index contributed by atoms with van der Waals surface area (Å²) in [5, 5.41) is 3.02. The van der Waals surface area contributed by atoms with E-state index in [1.807, 2.05) is 13.8 Å². The van der Waals surface area contributed by atoms with Crippen molar-refractivity contribution >= 4 is 5.91 Å². The van der Waals surface area contributed by atoms with Crippen LogP contribution in [0.5, 0.6) is 0 Å². The smallest absolute Gasteiger partial charge is 0.225 e. The van der Waals surface area contributed by atoms with E-state index in [-0.39, 0.29) is 11.3 Å². The second-order valence-corrected chi connectivity index (χ2v) is 4.93. The number of nitrogens with two attached hydrogens (primary N) is 1. The average molecular weight is 198 g/mol. The summed E-state index contributed by atoms with van der Waals surface area (Å²) in [6.45, 7) is 5.34. The van der Waals surface area contributed by atoms with Gasteiger partial charge in [-0.05, 0) is 31.7 Å². The summed E-state index contributed by atoms with van der Waals surface area (Å²) in [6, 6.07) is 0. The zero-order valence-electron chi connectivity index (χ0n) is 9.31. The summed E-state index contributed by atoms with van der Waals surface area (Å²) in [5.74, 6) is 0.877. The van der Waals surface area contributed by atoms with Gasteiger partial charge < -0.3 is 11.1 Å². The lowest BCUT2D eigenvalue weighted by Gasteiger charge is -2.28. The van der Waals surface area contributed by atoms with Crippen molar-refractivity contribution in [3.05, 3.63) is 0 Å². The van der Waals surface area contributed by atoms with E-state index >= 15 is 0 Å². The van der Waals surface area contributed by atoms with Gasteiger partial charge in [-0.1, -0.05) is 20.3 Å². The molecule has 0 aromatic heterocycles. The largest absolute Gasteiger partial charge is 0.355 e. The molecule has 1 rings (SSSR count).